The number of thioether (sulfide) groups is 1. The summed E-state index contributed by atoms with van der Waals surface area (Å²) in [7, 11) is 0. The van der Waals surface area contributed by atoms with Crippen LogP contribution < -0.4 is 5.73 Å². The van der Waals surface area contributed by atoms with Gasteiger partial charge in [0, 0.05) is 0 Å². The molecule has 1 aromatic heterocycles. The van der Waals surface area contributed by atoms with Gasteiger partial charge >= 0.3 is 0 Å². The largest absolute Gasteiger partial charge is 0.369 e. The molecule has 0 fully saturated rings. The number of nitrogens with two attached hydrogens (primary N) is 1. The van der Waals surface area contributed by atoms with Gasteiger partial charge in [-0.3, -0.25) is 4.79 Å². The van der Waals surface area contributed by atoms with Crippen LogP contribution in [0.2, 0.25) is 0 Å². The van der Waals surface area contributed by atoms with Gasteiger partial charge in [-0.15, -0.1) is 5.10 Å². The Morgan fingerprint density at radius 1 is 1.53 bits per heavy atom. The van der Waals surface area contributed by atoms with E-state index < -0.39 is 0 Å². The lowest BCUT2D eigenvalue weighted by Crippen LogP contribution is -2.22. The van der Waals surface area contributed by atoms with Crippen molar-refractivity contribution in [2.24, 2.45) is 5.73 Å². The Morgan fingerprint density at radius 2 is 2.21 bits per heavy atom. The van der Waals surface area contributed by atoms with E-state index in [2.05, 4.69) is 5.10 Å². The zero-order valence-corrected chi connectivity index (χ0v) is 12.9. The number of hydrogen-bond donors (Lipinski definition) is 1. The number of rotatable bonds is 4. The van der Waals surface area contributed by atoms with E-state index in [1.165, 1.54) is 23.1 Å². The molecule has 2 aromatic rings. The molecule has 1 atom stereocenters. The first-order valence-corrected chi connectivity index (χ1v) is 7.71. The lowest BCUT2D eigenvalue weighted by atomic mass is 10.2. The van der Waals surface area contributed by atoms with Crippen molar-refractivity contribution in [2.45, 2.75) is 23.4 Å². The lowest BCUT2D eigenvalue weighted by molar-refractivity contribution is -0.117. The van der Waals surface area contributed by atoms with E-state index >= 15 is 0 Å². The van der Waals surface area contributed by atoms with Gasteiger partial charge < -0.3 is 5.73 Å². The second-order valence-corrected chi connectivity index (χ2v) is 7.21. The lowest BCUT2D eigenvalue weighted by Gasteiger charge is -2.05. The zero-order valence-electron chi connectivity index (χ0n) is 10.5. The highest BCUT2D eigenvalue weighted by atomic mass is 32.2. The third-order valence-electron chi connectivity index (χ3n) is 2.55. The quantitative estimate of drug-likeness (QED) is 0.696. The highest BCUT2D eigenvalue weighted by Crippen LogP contribution is 2.28. The van der Waals surface area contributed by atoms with Gasteiger partial charge in [-0.2, -0.15) is 0 Å². The summed E-state index contributed by atoms with van der Waals surface area (Å²) in [4.78, 5) is 11.1. The van der Waals surface area contributed by atoms with E-state index in [4.69, 9.17) is 18.0 Å². The topological polar surface area (TPSA) is 60.9 Å². The van der Waals surface area contributed by atoms with Crippen LogP contribution in [0.25, 0.3) is 5.69 Å². The molecular formula is C12H13N3OS3. The summed E-state index contributed by atoms with van der Waals surface area (Å²) in [5.74, 6) is -0.353. The molecule has 0 saturated heterocycles. The summed E-state index contributed by atoms with van der Waals surface area (Å²) < 4.78 is 3.14. The van der Waals surface area contributed by atoms with Crippen LogP contribution in [0.3, 0.4) is 0 Å². The standard InChI is InChI=1S/C12H13N3OS3/c1-7-5-3-4-6-9(7)15-12(17)19-11(14-15)18-8(2)10(13)16/h3-6,8H,1-2H3,(H2,13,16)/t8-/m1/s1. The fraction of sp³-hybridized carbons (Fsp3) is 0.250. The summed E-state index contributed by atoms with van der Waals surface area (Å²) in [5.41, 5.74) is 7.31. The number of benzene rings is 1. The van der Waals surface area contributed by atoms with E-state index in [0.717, 1.165) is 15.6 Å². The molecular weight excluding hydrogens is 298 g/mol. The molecule has 2 rings (SSSR count). The van der Waals surface area contributed by atoms with Gasteiger partial charge in [0.1, 0.15) is 0 Å². The minimum Gasteiger partial charge on any atom is -0.369 e. The van der Waals surface area contributed by atoms with Crippen molar-refractivity contribution in [1.82, 2.24) is 9.78 Å². The Hall–Kier alpha value is -1.18. The molecule has 0 spiro atoms. The van der Waals surface area contributed by atoms with E-state index in [1.807, 2.05) is 31.2 Å². The van der Waals surface area contributed by atoms with Gasteiger partial charge in [-0.25, -0.2) is 4.68 Å². The second-order valence-electron chi connectivity index (χ2n) is 3.99. The summed E-state index contributed by atoms with van der Waals surface area (Å²) in [6, 6.07) is 7.90. The van der Waals surface area contributed by atoms with Crippen LogP contribution in [0, 0.1) is 10.9 Å². The molecule has 19 heavy (non-hydrogen) atoms. The number of primary amides is 1. The maximum absolute atomic E-state index is 11.1. The van der Waals surface area contributed by atoms with E-state index in [9.17, 15) is 4.79 Å². The number of para-hydroxylation sites is 1. The van der Waals surface area contributed by atoms with Crippen molar-refractivity contribution in [3.8, 4) is 5.69 Å². The average molecular weight is 311 g/mol. The SMILES string of the molecule is Cc1ccccc1-n1nc(S[C@H](C)C(N)=O)sc1=S. The Balaban J connectivity index is 2.35. The van der Waals surface area contributed by atoms with Crippen LogP contribution in [0.1, 0.15) is 12.5 Å². The van der Waals surface area contributed by atoms with Crippen molar-refractivity contribution in [3.63, 3.8) is 0 Å². The Kier molecular flexibility index (Phi) is 4.38. The smallest absolute Gasteiger partial charge is 0.230 e. The number of aryl methyl sites for hydroxylation is 1. The molecule has 0 aliphatic carbocycles. The van der Waals surface area contributed by atoms with Crippen LogP contribution in [-0.2, 0) is 4.79 Å². The van der Waals surface area contributed by atoms with Crippen LogP contribution in [0.4, 0.5) is 0 Å². The van der Waals surface area contributed by atoms with Crippen LogP contribution >= 0.6 is 35.3 Å². The predicted molar refractivity (Wildman–Crippen MR) is 81.5 cm³/mol. The fourth-order valence-corrected chi connectivity index (χ4v) is 3.91. The molecule has 0 unspecified atom stereocenters. The predicted octanol–water partition coefficient (Wildman–Crippen LogP) is 2.94. The van der Waals surface area contributed by atoms with Crippen molar-refractivity contribution in [1.29, 1.82) is 0 Å². The zero-order chi connectivity index (χ0) is 14.0. The molecule has 0 aliphatic rings. The Bertz CT molecular complexity index is 662. The first-order valence-electron chi connectivity index (χ1n) is 5.61. The number of amides is 1. The molecule has 0 aliphatic heterocycles. The van der Waals surface area contributed by atoms with E-state index in [0.29, 0.717) is 3.95 Å². The first-order chi connectivity index (χ1) is 8.99. The van der Waals surface area contributed by atoms with Crippen molar-refractivity contribution < 1.29 is 4.79 Å². The second kappa shape index (κ2) is 5.85. The van der Waals surface area contributed by atoms with Gasteiger partial charge in [-0.05, 0) is 37.7 Å². The molecule has 1 amide bonds. The number of aromatic nitrogens is 2. The normalized spacial score (nSPS) is 12.3. The molecule has 7 heteroatoms. The van der Waals surface area contributed by atoms with Crippen LogP contribution in [0.15, 0.2) is 28.6 Å². The number of nitrogens with zero attached hydrogens (tertiary/aromatic N) is 2. The minimum atomic E-state index is -0.353. The third-order valence-corrected chi connectivity index (χ3v) is 4.99. The molecule has 100 valence electrons. The summed E-state index contributed by atoms with van der Waals surface area (Å²) in [6.45, 7) is 3.77. The van der Waals surface area contributed by atoms with Crippen molar-refractivity contribution >= 4 is 41.2 Å². The molecule has 0 saturated carbocycles. The highest BCUT2D eigenvalue weighted by molar-refractivity contribution is 8.02. The van der Waals surface area contributed by atoms with Crippen LogP contribution in [-0.4, -0.2) is 20.9 Å². The van der Waals surface area contributed by atoms with Crippen LogP contribution in [0.5, 0.6) is 0 Å². The molecule has 0 radical (unpaired) electrons. The summed E-state index contributed by atoms with van der Waals surface area (Å²) in [5, 5.41) is 4.14. The maximum Gasteiger partial charge on any atom is 0.230 e. The number of carbonyl (C=O) groups excluding carboxylic acids is 1. The molecule has 1 aromatic carbocycles. The molecule has 1 heterocycles. The molecule has 4 nitrogen and oxygen atoms in total. The Labute approximate surface area is 124 Å². The minimum absolute atomic E-state index is 0.314. The van der Waals surface area contributed by atoms with Crippen molar-refractivity contribution in [3.05, 3.63) is 33.8 Å². The van der Waals surface area contributed by atoms with E-state index in [1.54, 1.807) is 11.6 Å². The highest BCUT2D eigenvalue weighted by Gasteiger charge is 2.15. The van der Waals surface area contributed by atoms with Gasteiger partial charge in [0.05, 0.1) is 10.9 Å². The molecule has 2 N–H and O–H groups in total. The number of carbonyl (C=O) groups is 1. The molecule has 0 bridgehead atoms. The first kappa shape index (κ1) is 14.2. The van der Waals surface area contributed by atoms with Gasteiger partial charge in [0.15, 0.2) is 8.29 Å². The van der Waals surface area contributed by atoms with E-state index in [-0.39, 0.29) is 11.2 Å². The van der Waals surface area contributed by atoms with Crippen molar-refractivity contribution in [2.75, 3.05) is 0 Å². The summed E-state index contributed by atoms with van der Waals surface area (Å²) >= 11 is 8.04. The fourth-order valence-electron chi connectivity index (χ4n) is 1.47. The monoisotopic (exact) mass is 311 g/mol. The van der Waals surface area contributed by atoms with Gasteiger partial charge in [0.2, 0.25) is 5.91 Å². The average Bonchev–Trinajstić information content (AvgIpc) is 2.70. The maximum atomic E-state index is 11.1. The summed E-state index contributed by atoms with van der Waals surface area (Å²) in [6.07, 6.45) is 0. The Morgan fingerprint density at radius 3 is 2.84 bits per heavy atom. The number of hydrogen-bond acceptors (Lipinski definition) is 5. The third kappa shape index (κ3) is 3.23. The van der Waals surface area contributed by atoms with Gasteiger partial charge in [-0.1, -0.05) is 41.3 Å². The van der Waals surface area contributed by atoms with Gasteiger partial charge in [0.25, 0.3) is 0 Å².